The van der Waals surface area contributed by atoms with Crippen molar-refractivity contribution in [1.82, 2.24) is 0 Å². The molecule has 0 bridgehead atoms. The molecule has 112 valence electrons. The second kappa shape index (κ2) is 7.19. The largest absolute Gasteiger partial charge is 0.478 e. The number of anilines is 1. The van der Waals surface area contributed by atoms with E-state index in [1.54, 1.807) is 0 Å². The summed E-state index contributed by atoms with van der Waals surface area (Å²) in [5.74, 6) is -3.32. The van der Waals surface area contributed by atoms with Crippen LogP contribution in [0.15, 0.2) is 12.1 Å². The van der Waals surface area contributed by atoms with E-state index in [1.807, 2.05) is 13.8 Å². The monoisotopic (exact) mass is 287 g/mol. The van der Waals surface area contributed by atoms with Gasteiger partial charge in [0.1, 0.15) is 17.3 Å². The zero-order chi connectivity index (χ0) is 15.3. The maximum atomic E-state index is 13.6. The van der Waals surface area contributed by atoms with E-state index < -0.39 is 35.0 Å². The summed E-state index contributed by atoms with van der Waals surface area (Å²) in [4.78, 5) is 10.7. The number of hydrogen-bond acceptors (Lipinski definition) is 3. The molecule has 1 atom stereocenters. The van der Waals surface area contributed by atoms with E-state index in [4.69, 9.17) is 5.11 Å². The molecule has 20 heavy (non-hydrogen) atoms. The molecule has 0 spiro atoms. The molecule has 0 heterocycles. The number of carbonyl (C=O) groups is 1. The molecule has 1 unspecified atom stereocenters. The van der Waals surface area contributed by atoms with Gasteiger partial charge in [0.15, 0.2) is 0 Å². The molecule has 0 aromatic heterocycles. The van der Waals surface area contributed by atoms with E-state index in [0.717, 1.165) is 25.0 Å². The molecule has 0 saturated carbocycles. The van der Waals surface area contributed by atoms with Gasteiger partial charge in [-0.1, -0.05) is 26.7 Å². The maximum Gasteiger partial charge on any atom is 0.335 e. The smallest absolute Gasteiger partial charge is 0.335 e. The van der Waals surface area contributed by atoms with Crippen molar-refractivity contribution in [3.05, 3.63) is 29.3 Å². The molecule has 0 aliphatic carbocycles. The van der Waals surface area contributed by atoms with Gasteiger partial charge in [-0.15, -0.1) is 0 Å². The second-order valence-electron chi connectivity index (χ2n) is 4.64. The number of nitrogens with one attached hydrogen (secondary N) is 1. The standard InChI is InChI=1S/C14H19F2NO3/c1-3-8(4-2)12(18)7-17-13-10(15)5-9(14(19)20)6-11(13)16/h5-6,8,12,17-18H,3-4,7H2,1-2H3,(H,19,20). The fourth-order valence-corrected chi connectivity index (χ4v) is 2.07. The van der Waals surface area contributed by atoms with E-state index in [2.05, 4.69) is 5.32 Å². The molecular weight excluding hydrogens is 268 g/mol. The molecule has 3 N–H and O–H groups in total. The highest BCUT2D eigenvalue weighted by molar-refractivity contribution is 5.88. The van der Waals surface area contributed by atoms with Crippen LogP contribution in [0.3, 0.4) is 0 Å². The van der Waals surface area contributed by atoms with Gasteiger partial charge in [-0.3, -0.25) is 0 Å². The third-order valence-electron chi connectivity index (χ3n) is 3.37. The highest BCUT2D eigenvalue weighted by Gasteiger charge is 2.18. The van der Waals surface area contributed by atoms with E-state index in [-0.39, 0.29) is 12.5 Å². The first-order valence-electron chi connectivity index (χ1n) is 6.54. The van der Waals surface area contributed by atoms with Crippen molar-refractivity contribution >= 4 is 11.7 Å². The lowest BCUT2D eigenvalue weighted by atomic mass is 9.96. The first kappa shape index (κ1) is 16.4. The predicted molar refractivity (Wildman–Crippen MR) is 71.9 cm³/mol. The van der Waals surface area contributed by atoms with Crippen LogP contribution >= 0.6 is 0 Å². The summed E-state index contributed by atoms with van der Waals surface area (Å²) in [5, 5.41) is 21.1. The number of aromatic carboxylic acids is 1. The molecule has 0 amide bonds. The van der Waals surface area contributed by atoms with Crippen LogP contribution in [0.5, 0.6) is 0 Å². The van der Waals surface area contributed by atoms with Crippen molar-refractivity contribution in [2.24, 2.45) is 5.92 Å². The Kier molecular flexibility index (Phi) is 5.88. The Morgan fingerprint density at radius 1 is 1.25 bits per heavy atom. The Hall–Kier alpha value is -1.69. The predicted octanol–water partition coefficient (Wildman–Crippen LogP) is 2.87. The van der Waals surface area contributed by atoms with Gasteiger partial charge in [-0.2, -0.15) is 0 Å². The number of aliphatic hydroxyl groups is 1. The number of aliphatic hydroxyl groups excluding tert-OH is 1. The second-order valence-corrected chi connectivity index (χ2v) is 4.64. The number of hydrogen-bond donors (Lipinski definition) is 3. The minimum absolute atomic E-state index is 0.00655. The van der Waals surface area contributed by atoms with Crippen LogP contribution in [0.4, 0.5) is 14.5 Å². The van der Waals surface area contributed by atoms with Crippen LogP contribution in [0.1, 0.15) is 37.0 Å². The van der Waals surface area contributed by atoms with Crippen molar-refractivity contribution in [2.75, 3.05) is 11.9 Å². The summed E-state index contributed by atoms with van der Waals surface area (Å²) in [6.07, 6.45) is 0.813. The lowest BCUT2D eigenvalue weighted by Gasteiger charge is -2.21. The van der Waals surface area contributed by atoms with Gasteiger partial charge in [0, 0.05) is 6.54 Å². The minimum Gasteiger partial charge on any atom is -0.478 e. The first-order valence-corrected chi connectivity index (χ1v) is 6.54. The summed E-state index contributed by atoms with van der Waals surface area (Å²) in [6, 6.07) is 1.49. The van der Waals surface area contributed by atoms with Crippen molar-refractivity contribution in [2.45, 2.75) is 32.8 Å². The Morgan fingerprint density at radius 2 is 1.75 bits per heavy atom. The molecular formula is C14H19F2NO3. The Balaban J connectivity index is 2.81. The van der Waals surface area contributed by atoms with Gasteiger partial charge >= 0.3 is 5.97 Å². The molecule has 0 fully saturated rings. The Labute approximate surface area is 116 Å². The SMILES string of the molecule is CCC(CC)C(O)CNc1c(F)cc(C(=O)O)cc1F. The van der Waals surface area contributed by atoms with E-state index in [1.165, 1.54) is 0 Å². The van der Waals surface area contributed by atoms with Gasteiger partial charge < -0.3 is 15.5 Å². The van der Waals surface area contributed by atoms with Crippen LogP contribution in [-0.4, -0.2) is 28.8 Å². The molecule has 0 radical (unpaired) electrons. The van der Waals surface area contributed by atoms with Crippen molar-refractivity contribution in [1.29, 1.82) is 0 Å². The summed E-state index contributed by atoms with van der Waals surface area (Å²) < 4.78 is 27.3. The fourth-order valence-electron chi connectivity index (χ4n) is 2.07. The molecule has 1 aromatic carbocycles. The van der Waals surface area contributed by atoms with Crippen LogP contribution in [0, 0.1) is 17.6 Å². The maximum absolute atomic E-state index is 13.6. The molecule has 6 heteroatoms. The zero-order valence-corrected chi connectivity index (χ0v) is 11.5. The van der Waals surface area contributed by atoms with E-state index >= 15 is 0 Å². The summed E-state index contributed by atoms with van der Waals surface area (Å²) in [7, 11) is 0. The number of benzene rings is 1. The zero-order valence-electron chi connectivity index (χ0n) is 11.5. The lowest BCUT2D eigenvalue weighted by molar-refractivity contribution is 0.0695. The van der Waals surface area contributed by atoms with Gasteiger partial charge in [-0.05, 0) is 18.1 Å². The van der Waals surface area contributed by atoms with Gasteiger partial charge in [0.05, 0.1) is 11.7 Å². The summed E-state index contributed by atoms with van der Waals surface area (Å²) >= 11 is 0. The highest BCUT2D eigenvalue weighted by Crippen LogP contribution is 2.22. The molecule has 1 rings (SSSR count). The first-order chi connectivity index (χ1) is 9.40. The number of carboxylic acids is 1. The topological polar surface area (TPSA) is 69.6 Å². The van der Waals surface area contributed by atoms with Crippen LogP contribution in [-0.2, 0) is 0 Å². The number of rotatable bonds is 7. The Bertz CT molecular complexity index is 452. The molecule has 0 aliphatic rings. The van der Waals surface area contributed by atoms with Crippen LogP contribution < -0.4 is 5.32 Å². The average molecular weight is 287 g/mol. The van der Waals surface area contributed by atoms with Crippen molar-refractivity contribution in [3.8, 4) is 0 Å². The van der Waals surface area contributed by atoms with Gasteiger partial charge in [-0.25, -0.2) is 13.6 Å². The van der Waals surface area contributed by atoms with Crippen molar-refractivity contribution in [3.63, 3.8) is 0 Å². The van der Waals surface area contributed by atoms with E-state index in [9.17, 15) is 18.7 Å². The third-order valence-corrected chi connectivity index (χ3v) is 3.37. The van der Waals surface area contributed by atoms with Crippen molar-refractivity contribution < 1.29 is 23.8 Å². The minimum atomic E-state index is -1.40. The lowest BCUT2D eigenvalue weighted by Crippen LogP contribution is -2.28. The van der Waals surface area contributed by atoms with E-state index in [0.29, 0.717) is 0 Å². The average Bonchev–Trinajstić information content (AvgIpc) is 2.38. The third kappa shape index (κ3) is 3.90. The van der Waals surface area contributed by atoms with Gasteiger partial charge in [0.25, 0.3) is 0 Å². The highest BCUT2D eigenvalue weighted by atomic mass is 19.1. The number of carboxylic acid groups (broad SMARTS) is 1. The molecule has 4 nitrogen and oxygen atoms in total. The summed E-state index contributed by atoms with van der Waals surface area (Å²) in [6.45, 7) is 3.87. The normalized spacial score (nSPS) is 12.5. The molecule has 1 aromatic rings. The van der Waals surface area contributed by atoms with Crippen LogP contribution in [0.2, 0.25) is 0 Å². The Morgan fingerprint density at radius 3 is 2.15 bits per heavy atom. The molecule has 0 saturated heterocycles. The van der Waals surface area contributed by atoms with Gasteiger partial charge in [0.2, 0.25) is 0 Å². The fraction of sp³-hybridized carbons (Fsp3) is 0.500. The number of halogens is 2. The summed E-state index contributed by atoms with van der Waals surface area (Å²) in [5.41, 5.74) is -0.869. The van der Waals surface area contributed by atoms with Crippen LogP contribution in [0.25, 0.3) is 0 Å². The quantitative estimate of drug-likeness (QED) is 0.721. The molecule has 0 aliphatic heterocycles.